The smallest absolute Gasteiger partial charge is 0.136 e. The zero-order valence-corrected chi connectivity index (χ0v) is 19.1. The summed E-state index contributed by atoms with van der Waals surface area (Å²) in [7, 11) is 1.70. The van der Waals surface area contributed by atoms with Gasteiger partial charge in [-0.3, -0.25) is 0 Å². The lowest BCUT2D eigenvalue weighted by Crippen LogP contribution is -2.02. The molecular weight excluding hydrogens is 420 g/mol. The van der Waals surface area contributed by atoms with Crippen molar-refractivity contribution in [2.75, 3.05) is 13.7 Å². The first-order chi connectivity index (χ1) is 16.7. The van der Waals surface area contributed by atoms with Gasteiger partial charge < -0.3 is 19.5 Å². The van der Waals surface area contributed by atoms with Gasteiger partial charge in [-0.1, -0.05) is 48.5 Å². The van der Waals surface area contributed by atoms with Crippen molar-refractivity contribution >= 4 is 32.8 Å². The van der Waals surface area contributed by atoms with Crippen LogP contribution in [0.25, 0.3) is 44.0 Å². The molecule has 0 spiro atoms. The van der Waals surface area contributed by atoms with Crippen LogP contribution in [-0.2, 0) is 13.0 Å². The lowest BCUT2D eigenvalue weighted by Gasteiger charge is -2.09. The topological polar surface area (TPSA) is 53.3 Å². The third-order valence-electron chi connectivity index (χ3n) is 6.58. The van der Waals surface area contributed by atoms with Gasteiger partial charge in [-0.05, 0) is 71.6 Å². The average molecular weight is 447 g/mol. The molecule has 4 aromatic carbocycles. The molecule has 0 saturated carbocycles. The first kappa shape index (κ1) is 20.6. The van der Waals surface area contributed by atoms with Gasteiger partial charge in [0.15, 0.2) is 0 Å². The number of para-hydroxylation sites is 1. The Balaban J connectivity index is 1.50. The average Bonchev–Trinajstić information content (AvgIpc) is 3.42. The van der Waals surface area contributed by atoms with E-state index in [4.69, 9.17) is 14.9 Å². The van der Waals surface area contributed by atoms with E-state index >= 15 is 0 Å². The Morgan fingerprint density at radius 2 is 1.71 bits per heavy atom. The molecule has 0 aliphatic heterocycles. The summed E-state index contributed by atoms with van der Waals surface area (Å²) in [4.78, 5) is 0. The fourth-order valence-electron chi connectivity index (χ4n) is 5.01. The van der Waals surface area contributed by atoms with Crippen molar-refractivity contribution in [3.05, 3.63) is 102 Å². The van der Waals surface area contributed by atoms with E-state index in [0.29, 0.717) is 6.54 Å². The van der Waals surface area contributed by atoms with E-state index < -0.39 is 0 Å². The first-order valence-electron chi connectivity index (χ1n) is 11.6. The van der Waals surface area contributed by atoms with Gasteiger partial charge in [0.25, 0.3) is 0 Å². The Morgan fingerprint density at radius 3 is 2.59 bits per heavy atom. The van der Waals surface area contributed by atoms with Crippen molar-refractivity contribution in [1.29, 1.82) is 0 Å². The number of methoxy groups -OCH3 is 1. The normalized spacial score (nSPS) is 11.6. The molecule has 0 aliphatic rings. The third kappa shape index (κ3) is 3.44. The van der Waals surface area contributed by atoms with Gasteiger partial charge in [-0.25, -0.2) is 0 Å². The Kier molecular flexibility index (Phi) is 5.08. The first-order valence-corrected chi connectivity index (χ1v) is 11.6. The fraction of sp³-hybridized carbons (Fsp3) is 0.133. The van der Waals surface area contributed by atoms with Crippen LogP contribution in [0.2, 0.25) is 0 Å². The second-order valence-electron chi connectivity index (χ2n) is 8.68. The molecule has 0 bridgehead atoms. The van der Waals surface area contributed by atoms with E-state index in [9.17, 15) is 0 Å². The van der Waals surface area contributed by atoms with Crippen LogP contribution in [0.1, 0.15) is 11.1 Å². The highest BCUT2D eigenvalue weighted by Crippen LogP contribution is 2.38. The number of fused-ring (bicyclic) bond motifs is 4. The number of hydrogen-bond donors (Lipinski definition) is 1. The highest BCUT2D eigenvalue weighted by atomic mass is 16.5. The van der Waals surface area contributed by atoms with Gasteiger partial charge in [-0.15, -0.1) is 0 Å². The van der Waals surface area contributed by atoms with Gasteiger partial charge in [0.2, 0.25) is 0 Å². The number of nitrogens with two attached hydrogens (primary N) is 1. The summed E-state index contributed by atoms with van der Waals surface area (Å²) in [6.45, 7) is 1.39. The lowest BCUT2D eigenvalue weighted by atomic mass is 9.97. The maximum absolute atomic E-state index is 6.12. The maximum atomic E-state index is 6.12. The summed E-state index contributed by atoms with van der Waals surface area (Å²) in [6, 6.07) is 29.5. The second-order valence-corrected chi connectivity index (χ2v) is 8.68. The molecule has 34 heavy (non-hydrogen) atoms. The maximum Gasteiger partial charge on any atom is 0.136 e. The molecule has 2 N–H and O–H groups in total. The summed E-state index contributed by atoms with van der Waals surface area (Å²) in [6.07, 6.45) is 3.08. The number of furan rings is 1. The molecule has 2 aromatic heterocycles. The largest absolute Gasteiger partial charge is 0.497 e. The number of rotatable bonds is 6. The van der Waals surface area contributed by atoms with Crippen LogP contribution in [0.4, 0.5) is 0 Å². The minimum atomic E-state index is 0.616. The van der Waals surface area contributed by atoms with Crippen LogP contribution < -0.4 is 10.5 Å². The number of nitrogens with zero attached hydrogens (tertiary/aromatic N) is 1. The van der Waals surface area contributed by atoms with E-state index in [2.05, 4.69) is 65.4 Å². The van der Waals surface area contributed by atoms with Gasteiger partial charge in [0, 0.05) is 34.4 Å². The SMILES string of the molecule is COc1cccc(Cn2cc(CCN)c3cc(-c4cccc5oc6ccccc6c45)ccc32)c1. The van der Waals surface area contributed by atoms with E-state index in [0.717, 1.165) is 40.7 Å². The van der Waals surface area contributed by atoms with E-state index in [1.165, 1.54) is 33.2 Å². The third-order valence-corrected chi connectivity index (χ3v) is 6.58. The molecule has 0 fully saturated rings. The molecule has 2 heterocycles. The summed E-state index contributed by atoms with van der Waals surface area (Å²) in [5, 5.41) is 3.55. The molecule has 6 aromatic rings. The van der Waals surface area contributed by atoms with Crippen molar-refractivity contribution in [3.8, 4) is 16.9 Å². The van der Waals surface area contributed by atoms with Crippen LogP contribution in [0, 0.1) is 0 Å². The molecule has 0 atom stereocenters. The van der Waals surface area contributed by atoms with Crippen LogP contribution in [-0.4, -0.2) is 18.2 Å². The second kappa shape index (κ2) is 8.40. The summed E-state index contributed by atoms with van der Waals surface area (Å²) in [5.41, 5.74) is 13.9. The number of aromatic nitrogens is 1. The quantitative estimate of drug-likeness (QED) is 0.307. The zero-order chi connectivity index (χ0) is 23.1. The molecule has 168 valence electrons. The van der Waals surface area contributed by atoms with E-state index in [-0.39, 0.29) is 0 Å². The lowest BCUT2D eigenvalue weighted by molar-refractivity contribution is 0.414. The Labute approximate surface area is 198 Å². The Bertz CT molecular complexity index is 1640. The molecule has 0 aliphatic carbocycles. The minimum Gasteiger partial charge on any atom is -0.497 e. The van der Waals surface area contributed by atoms with Crippen molar-refractivity contribution in [2.45, 2.75) is 13.0 Å². The van der Waals surface area contributed by atoms with Crippen molar-refractivity contribution in [3.63, 3.8) is 0 Å². The molecule has 4 heteroatoms. The van der Waals surface area contributed by atoms with Gasteiger partial charge in [-0.2, -0.15) is 0 Å². The van der Waals surface area contributed by atoms with E-state index in [1.54, 1.807) is 7.11 Å². The van der Waals surface area contributed by atoms with Crippen LogP contribution in [0.15, 0.2) is 95.5 Å². The van der Waals surface area contributed by atoms with Crippen molar-refractivity contribution < 1.29 is 9.15 Å². The molecule has 4 nitrogen and oxygen atoms in total. The fourth-order valence-corrected chi connectivity index (χ4v) is 5.01. The van der Waals surface area contributed by atoms with Crippen molar-refractivity contribution in [1.82, 2.24) is 4.57 Å². The van der Waals surface area contributed by atoms with Crippen LogP contribution in [0.3, 0.4) is 0 Å². The highest BCUT2D eigenvalue weighted by molar-refractivity contribution is 6.12. The molecular formula is C30H26N2O2. The summed E-state index contributed by atoms with van der Waals surface area (Å²) < 4.78 is 13.8. The number of hydrogen-bond acceptors (Lipinski definition) is 3. The van der Waals surface area contributed by atoms with Crippen LogP contribution >= 0.6 is 0 Å². The molecule has 0 radical (unpaired) electrons. The summed E-state index contributed by atoms with van der Waals surface area (Å²) >= 11 is 0. The number of benzene rings is 4. The summed E-state index contributed by atoms with van der Waals surface area (Å²) in [5.74, 6) is 0.874. The molecule has 0 saturated heterocycles. The predicted octanol–water partition coefficient (Wildman–Crippen LogP) is 6.77. The molecule has 6 rings (SSSR count). The standard InChI is InChI=1S/C30H26N2O2/c1-33-23-7-4-6-20(16-23)18-32-19-22(14-15-31)26-17-21(12-13-27(26)32)24-9-5-11-29-30(24)25-8-2-3-10-28(25)34-29/h2-13,16-17,19H,14-15,18,31H2,1H3. The van der Waals surface area contributed by atoms with Crippen molar-refractivity contribution in [2.24, 2.45) is 5.73 Å². The predicted molar refractivity (Wildman–Crippen MR) is 140 cm³/mol. The Morgan fingerprint density at radius 1 is 0.853 bits per heavy atom. The minimum absolute atomic E-state index is 0.616. The number of ether oxygens (including phenoxy) is 1. The van der Waals surface area contributed by atoms with Gasteiger partial charge >= 0.3 is 0 Å². The van der Waals surface area contributed by atoms with Gasteiger partial charge in [0.1, 0.15) is 16.9 Å². The molecule has 0 unspecified atom stereocenters. The monoisotopic (exact) mass is 446 g/mol. The molecule has 0 amide bonds. The highest BCUT2D eigenvalue weighted by Gasteiger charge is 2.15. The van der Waals surface area contributed by atoms with E-state index in [1.807, 2.05) is 30.3 Å². The van der Waals surface area contributed by atoms with Gasteiger partial charge in [0.05, 0.1) is 7.11 Å². The van der Waals surface area contributed by atoms with Crippen LogP contribution in [0.5, 0.6) is 5.75 Å². The Hall–Kier alpha value is -4.02. The zero-order valence-electron chi connectivity index (χ0n) is 19.1.